The van der Waals surface area contributed by atoms with E-state index in [1.807, 2.05) is 19.9 Å². The summed E-state index contributed by atoms with van der Waals surface area (Å²) in [6.45, 7) is 5.80. The Morgan fingerprint density at radius 3 is 2.38 bits per heavy atom. The van der Waals surface area contributed by atoms with Gasteiger partial charge >= 0.3 is 0 Å². The Labute approximate surface area is 51.0 Å². The Morgan fingerprint density at radius 1 is 1.75 bits per heavy atom. The van der Waals surface area contributed by atoms with Crippen molar-refractivity contribution in [3.05, 3.63) is 11.6 Å². The molecule has 0 amide bonds. The molecule has 8 heavy (non-hydrogen) atoms. The van der Waals surface area contributed by atoms with Crippen molar-refractivity contribution in [2.24, 2.45) is 0 Å². The lowest BCUT2D eigenvalue weighted by molar-refractivity contribution is 0.195. The standard InChI is InChI=1S/C7H14O/c1-4-6(2)5-7(3)8/h4,7-8H,5H2,1-3H3/b6-4+. The van der Waals surface area contributed by atoms with Gasteiger partial charge < -0.3 is 5.11 Å². The van der Waals surface area contributed by atoms with Gasteiger partial charge in [0.05, 0.1) is 6.10 Å². The summed E-state index contributed by atoms with van der Waals surface area (Å²) >= 11 is 0. The maximum absolute atomic E-state index is 8.81. The van der Waals surface area contributed by atoms with Crippen LogP contribution >= 0.6 is 0 Å². The van der Waals surface area contributed by atoms with Crippen molar-refractivity contribution in [1.29, 1.82) is 0 Å². The number of hydrogen-bond donors (Lipinski definition) is 1. The third-order valence-corrected chi connectivity index (χ3v) is 1.11. The van der Waals surface area contributed by atoms with Gasteiger partial charge in [-0.1, -0.05) is 11.6 Å². The van der Waals surface area contributed by atoms with Crippen LogP contribution < -0.4 is 0 Å². The second kappa shape index (κ2) is 3.67. The number of hydrogen-bond acceptors (Lipinski definition) is 1. The molecule has 0 aromatic rings. The van der Waals surface area contributed by atoms with Crippen LogP contribution in [-0.2, 0) is 0 Å². The van der Waals surface area contributed by atoms with Gasteiger partial charge in [-0.3, -0.25) is 0 Å². The first-order chi connectivity index (χ1) is 3.66. The summed E-state index contributed by atoms with van der Waals surface area (Å²) < 4.78 is 0. The Balaban J connectivity index is 3.39. The summed E-state index contributed by atoms with van der Waals surface area (Å²) in [5.41, 5.74) is 1.25. The van der Waals surface area contributed by atoms with E-state index in [4.69, 9.17) is 5.11 Å². The molecule has 0 aromatic carbocycles. The lowest BCUT2D eigenvalue weighted by Gasteiger charge is -2.01. The Kier molecular flexibility index (Phi) is 3.53. The van der Waals surface area contributed by atoms with Gasteiger partial charge in [-0.15, -0.1) is 0 Å². The summed E-state index contributed by atoms with van der Waals surface area (Å²) in [5, 5.41) is 8.81. The van der Waals surface area contributed by atoms with Gasteiger partial charge in [-0.2, -0.15) is 0 Å². The molecule has 1 nitrogen and oxygen atoms in total. The minimum Gasteiger partial charge on any atom is -0.393 e. The minimum atomic E-state index is -0.189. The molecule has 48 valence electrons. The zero-order chi connectivity index (χ0) is 6.57. The van der Waals surface area contributed by atoms with Gasteiger partial charge in [-0.25, -0.2) is 0 Å². The monoisotopic (exact) mass is 114 g/mol. The second-order valence-electron chi connectivity index (χ2n) is 2.19. The first-order valence-corrected chi connectivity index (χ1v) is 2.96. The number of rotatable bonds is 2. The summed E-state index contributed by atoms with van der Waals surface area (Å²) in [5.74, 6) is 0. The van der Waals surface area contributed by atoms with Crippen molar-refractivity contribution in [3.8, 4) is 0 Å². The van der Waals surface area contributed by atoms with Crippen molar-refractivity contribution in [2.45, 2.75) is 33.3 Å². The molecular formula is C7H14O. The smallest absolute Gasteiger partial charge is 0.0549 e. The Bertz CT molecular complexity index is 82.4. The molecule has 0 aliphatic heterocycles. The molecule has 1 heteroatoms. The van der Waals surface area contributed by atoms with E-state index in [1.54, 1.807) is 6.92 Å². The average molecular weight is 114 g/mol. The van der Waals surface area contributed by atoms with E-state index < -0.39 is 0 Å². The summed E-state index contributed by atoms with van der Waals surface area (Å²) in [4.78, 5) is 0. The van der Waals surface area contributed by atoms with Crippen molar-refractivity contribution < 1.29 is 5.11 Å². The highest BCUT2D eigenvalue weighted by Crippen LogP contribution is 2.01. The van der Waals surface area contributed by atoms with Crippen LogP contribution in [0.3, 0.4) is 0 Å². The fourth-order valence-electron chi connectivity index (χ4n) is 0.584. The van der Waals surface area contributed by atoms with E-state index in [-0.39, 0.29) is 6.10 Å². The molecule has 0 bridgehead atoms. The van der Waals surface area contributed by atoms with Crippen LogP contribution in [0.5, 0.6) is 0 Å². The normalized spacial score (nSPS) is 16.2. The molecule has 1 N–H and O–H groups in total. The first-order valence-electron chi connectivity index (χ1n) is 2.96. The molecule has 0 fully saturated rings. The Hall–Kier alpha value is -0.300. The maximum atomic E-state index is 8.81. The number of allylic oxidation sites excluding steroid dienone is 1. The van der Waals surface area contributed by atoms with E-state index >= 15 is 0 Å². The van der Waals surface area contributed by atoms with Gasteiger partial charge in [0.1, 0.15) is 0 Å². The predicted molar refractivity (Wildman–Crippen MR) is 35.7 cm³/mol. The Morgan fingerprint density at radius 2 is 2.25 bits per heavy atom. The lowest BCUT2D eigenvalue weighted by Crippen LogP contribution is -1.98. The first kappa shape index (κ1) is 7.70. The molecule has 0 spiro atoms. The molecule has 1 unspecified atom stereocenters. The average Bonchev–Trinajstić information content (AvgIpc) is 1.65. The summed E-state index contributed by atoms with van der Waals surface area (Å²) in [7, 11) is 0. The van der Waals surface area contributed by atoms with Crippen LogP contribution in [0.15, 0.2) is 11.6 Å². The van der Waals surface area contributed by atoms with Crippen LogP contribution in [0.1, 0.15) is 27.2 Å². The van der Waals surface area contributed by atoms with E-state index in [0.29, 0.717) is 0 Å². The van der Waals surface area contributed by atoms with Crippen LogP contribution in [-0.4, -0.2) is 11.2 Å². The van der Waals surface area contributed by atoms with Gasteiger partial charge in [0, 0.05) is 0 Å². The van der Waals surface area contributed by atoms with Crippen molar-refractivity contribution in [1.82, 2.24) is 0 Å². The molecule has 0 aliphatic rings. The van der Waals surface area contributed by atoms with Crippen LogP contribution in [0.25, 0.3) is 0 Å². The van der Waals surface area contributed by atoms with Gasteiger partial charge in [-0.05, 0) is 27.2 Å². The highest BCUT2D eigenvalue weighted by atomic mass is 16.3. The van der Waals surface area contributed by atoms with Crippen LogP contribution in [0.4, 0.5) is 0 Å². The minimum absolute atomic E-state index is 0.189. The number of aliphatic hydroxyl groups is 1. The van der Waals surface area contributed by atoms with E-state index in [9.17, 15) is 0 Å². The van der Waals surface area contributed by atoms with Crippen LogP contribution in [0, 0.1) is 0 Å². The largest absolute Gasteiger partial charge is 0.393 e. The molecule has 0 rings (SSSR count). The van der Waals surface area contributed by atoms with E-state index in [2.05, 4.69) is 0 Å². The van der Waals surface area contributed by atoms with Crippen LogP contribution in [0.2, 0.25) is 0 Å². The third kappa shape index (κ3) is 3.88. The number of aliphatic hydroxyl groups excluding tert-OH is 1. The molecule has 0 radical (unpaired) electrons. The fourth-order valence-corrected chi connectivity index (χ4v) is 0.584. The van der Waals surface area contributed by atoms with Crippen molar-refractivity contribution in [3.63, 3.8) is 0 Å². The van der Waals surface area contributed by atoms with Gasteiger partial charge in [0.25, 0.3) is 0 Å². The van der Waals surface area contributed by atoms with Gasteiger partial charge in [0.15, 0.2) is 0 Å². The maximum Gasteiger partial charge on any atom is 0.0549 e. The third-order valence-electron chi connectivity index (χ3n) is 1.11. The molecule has 1 atom stereocenters. The molecule has 0 saturated carbocycles. The highest BCUT2D eigenvalue weighted by molar-refractivity contribution is 4.96. The lowest BCUT2D eigenvalue weighted by atomic mass is 10.1. The van der Waals surface area contributed by atoms with Gasteiger partial charge in [0.2, 0.25) is 0 Å². The van der Waals surface area contributed by atoms with E-state index in [0.717, 1.165) is 6.42 Å². The quantitative estimate of drug-likeness (QED) is 0.542. The topological polar surface area (TPSA) is 20.2 Å². The van der Waals surface area contributed by atoms with Crippen molar-refractivity contribution >= 4 is 0 Å². The summed E-state index contributed by atoms with van der Waals surface area (Å²) in [6.07, 6.45) is 2.63. The molecule has 0 aliphatic carbocycles. The molecular weight excluding hydrogens is 100 g/mol. The molecule has 0 saturated heterocycles. The molecule has 0 heterocycles. The zero-order valence-electron chi connectivity index (χ0n) is 5.81. The fraction of sp³-hybridized carbons (Fsp3) is 0.714. The van der Waals surface area contributed by atoms with E-state index in [1.165, 1.54) is 5.57 Å². The predicted octanol–water partition coefficient (Wildman–Crippen LogP) is 1.72. The second-order valence-corrected chi connectivity index (χ2v) is 2.19. The zero-order valence-corrected chi connectivity index (χ0v) is 5.81. The van der Waals surface area contributed by atoms with Crippen molar-refractivity contribution in [2.75, 3.05) is 0 Å². The highest BCUT2D eigenvalue weighted by Gasteiger charge is 1.93. The SMILES string of the molecule is C/C=C(\C)CC(C)O. The summed E-state index contributed by atoms with van der Waals surface area (Å²) in [6, 6.07) is 0. The molecule has 0 aromatic heterocycles.